The van der Waals surface area contributed by atoms with Gasteiger partial charge in [0.05, 0.1) is 23.3 Å². The van der Waals surface area contributed by atoms with Crippen LogP contribution < -0.4 is 0 Å². The summed E-state index contributed by atoms with van der Waals surface area (Å²) in [4.78, 5) is 0. The van der Waals surface area contributed by atoms with Gasteiger partial charge >= 0.3 is 7.12 Å². The Kier molecular flexibility index (Phi) is 4.43. The fourth-order valence-corrected chi connectivity index (χ4v) is 5.17. The topological polar surface area (TPSA) is 27.7 Å². The largest absolute Gasteiger partial charge is 0.488 e. The van der Waals surface area contributed by atoms with E-state index in [9.17, 15) is 0 Å². The van der Waals surface area contributed by atoms with Gasteiger partial charge in [-0.25, -0.2) is 0 Å². The summed E-state index contributed by atoms with van der Waals surface area (Å²) in [5.74, 6) is 1.41. The summed E-state index contributed by atoms with van der Waals surface area (Å²) in [7, 11) is -0.203. The molecule has 0 amide bonds. The van der Waals surface area contributed by atoms with Crippen LogP contribution in [0.25, 0.3) is 0 Å². The van der Waals surface area contributed by atoms with Gasteiger partial charge in [0.2, 0.25) is 0 Å². The highest BCUT2D eigenvalue weighted by molar-refractivity contribution is 6.47. The average molecular weight is 322 g/mol. The van der Waals surface area contributed by atoms with Crippen molar-refractivity contribution >= 4 is 7.12 Å². The fourth-order valence-electron chi connectivity index (χ4n) is 5.17. The van der Waals surface area contributed by atoms with E-state index in [2.05, 4.69) is 48.5 Å². The van der Waals surface area contributed by atoms with E-state index in [1.54, 1.807) is 0 Å². The van der Waals surface area contributed by atoms with Gasteiger partial charge in [-0.3, -0.25) is 0 Å². The van der Waals surface area contributed by atoms with Gasteiger partial charge in [-0.05, 0) is 64.2 Å². The van der Waals surface area contributed by atoms with Crippen molar-refractivity contribution in [1.82, 2.24) is 0 Å². The third-order valence-corrected chi connectivity index (χ3v) is 6.62. The van der Waals surface area contributed by atoms with E-state index in [0.717, 1.165) is 25.2 Å². The van der Waals surface area contributed by atoms with E-state index >= 15 is 0 Å². The molecule has 0 radical (unpaired) electrons. The van der Waals surface area contributed by atoms with Crippen LogP contribution in [0.3, 0.4) is 0 Å². The maximum absolute atomic E-state index is 6.60. The number of ether oxygens (including phenoxy) is 1. The molecule has 0 aromatic rings. The van der Waals surface area contributed by atoms with E-state index in [-0.39, 0.29) is 30.4 Å². The second-order valence-electron chi connectivity index (χ2n) is 9.75. The van der Waals surface area contributed by atoms with Crippen molar-refractivity contribution in [3.05, 3.63) is 0 Å². The first kappa shape index (κ1) is 17.8. The molecule has 4 fully saturated rings. The SMILES string of the molecule is CCCC[C@@H](OC(C)(C)C)B1OC2C[C@@H]3C[C@@H](C3(C)C)[C@]2(C)O1. The second kappa shape index (κ2) is 5.74. The third kappa shape index (κ3) is 3.00. The van der Waals surface area contributed by atoms with Crippen molar-refractivity contribution in [3.63, 3.8) is 0 Å². The Morgan fingerprint density at radius 3 is 2.48 bits per heavy atom. The molecular weight excluding hydrogens is 287 g/mol. The van der Waals surface area contributed by atoms with Crippen LogP contribution in [0.5, 0.6) is 0 Å². The first-order chi connectivity index (χ1) is 10.6. The summed E-state index contributed by atoms with van der Waals surface area (Å²) in [5, 5.41) is 0. The third-order valence-electron chi connectivity index (χ3n) is 6.62. The Morgan fingerprint density at radius 2 is 1.91 bits per heavy atom. The predicted octanol–water partition coefficient (Wildman–Crippen LogP) is 4.63. The van der Waals surface area contributed by atoms with Gasteiger partial charge in [0, 0.05) is 0 Å². The van der Waals surface area contributed by atoms with Crippen LogP contribution in [0.1, 0.15) is 80.6 Å². The monoisotopic (exact) mass is 322 g/mol. The zero-order valence-electron chi connectivity index (χ0n) is 16.1. The minimum atomic E-state index is -0.203. The van der Waals surface area contributed by atoms with Crippen LogP contribution in [0, 0.1) is 17.3 Å². The van der Waals surface area contributed by atoms with E-state index in [0.29, 0.717) is 11.3 Å². The van der Waals surface area contributed by atoms with Gasteiger partial charge in [-0.1, -0.05) is 33.6 Å². The van der Waals surface area contributed by atoms with Gasteiger partial charge in [-0.2, -0.15) is 0 Å². The Labute approximate surface area is 143 Å². The molecule has 3 aliphatic carbocycles. The summed E-state index contributed by atoms with van der Waals surface area (Å²) in [6, 6.07) is 0.0395. The summed E-state index contributed by atoms with van der Waals surface area (Å²) in [6.07, 6.45) is 6.04. The quantitative estimate of drug-likeness (QED) is 0.691. The molecule has 0 spiro atoms. The van der Waals surface area contributed by atoms with Gasteiger partial charge in [0.15, 0.2) is 0 Å². The molecule has 2 bridgehead atoms. The molecule has 3 nitrogen and oxygen atoms in total. The van der Waals surface area contributed by atoms with Crippen molar-refractivity contribution in [2.75, 3.05) is 0 Å². The highest BCUT2D eigenvalue weighted by Crippen LogP contribution is 2.65. The van der Waals surface area contributed by atoms with Crippen LogP contribution in [-0.4, -0.2) is 30.4 Å². The highest BCUT2D eigenvalue weighted by Gasteiger charge is 2.68. The molecule has 1 aliphatic heterocycles. The molecule has 4 rings (SSSR count). The molecule has 4 heteroatoms. The van der Waals surface area contributed by atoms with Crippen LogP contribution in [0.4, 0.5) is 0 Å². The molecule has 4 aliphatic rings. The van der Waals surface area contributed by atoms with Gasteiger partial charge in [0.1, 0.15) is 0 Å². The number of unbranched alkanes of at least 4 members (excludes halogenated alkanes) is 1. The number of hydrogen-bond acceptors (Lipinski definition) is 3. The lowest BCUT2D eigenvalue weighted by atomic mass is 9.43. The zero-order chi connectivity index (χ0) is 17.0. The molecule has 1 saturated heterocycles. The van der Waals surface area contributed by atoms with Crippen molar-refractivity contribution in [1.29, 1.82) is 0 Å². The maximum Gasteiger partial charge on any atom is 0.488 e. The molecule has 132 valence electrons. The molecule has 23 heavy (non-hydrogen) atoms. The molecule has 1 unspecified atom stereocenters. The Bertz CT molecular complexity index is 444. The summed E-state index contributed by atoms with van der Waals surface area (Å²) in [6.45, 7) is 15.7. The Balaban J connectivity index is 1.74. The summed E-state index contributed by atoms with van der Waals surface area (Å²) in [5.41, 5.74) is 0.100. The van der Waals surface area contributed by atoms with Gasteiger partial charge < -0.3 is 14.0 Å². The van der Waals surface area contributed by atoms with Crippen LogP contribution in [0.2, 0.25) is 0 Å². The number of hydrogen-bond donors (Lipinski definition) is 0. The molecule has 0 aromatic carbocycles. The van der Waals surface area contributed by atoms with Gasteiger partial charge in [0.25, 0.3) is 0 Å². The molecule has 1 heterocycles. The van der Waals surface area contributed by atoms with Crippen LogP contribution >= 0.6 is 0 Å². The lowest BCUT2D eigenvalue weighted by Crippen LogP contribution is -2.65. The second-order valence-corrected chi connectivity index (χ2v) is 9.75. The molecule has 5 atom stereocenters. The Morgan fingerprint density at radius 1 is 1.22 bits per heavy atom. The minimum absolute atomic E-state index is 0.0395. The molecular formula is C19H35BO3. The molecule has 0 aromatic heterocycles. The van der Waals surface area contributed by atoms with Crippen LogP contribution in [-0.2, 0) is 14.0 Å². The van der Waals surface area contributed by atoms with Crippen LogP contribution in [0.15, 0.2) is 0 Å². The van der Waals surface area contributed by atoms with E-state index in [1.165, 1.54) is 12.8 Å². The summed E-state index contributed by atoms with van der Waals surface area (Å²) < 4.78 is 19.3. The van der Waals surface area contributed by atoms with E-state index in [1.807, 2.05) is 0 Å². The van der Waals surface area contributed by atoms with E-state index in [4.69, 9.17) is 14.0 Å². The predicted molar refractivity (Wildman–Crippen MR) is 94.3 cm³/mol. The number of rotatable bonds is 5. The lowest BCUT2D eigenvalue weighted by Gasteiger charge is -2.64. The van der Waals surface area contributed by atoms with Crippen molar-refractivity contribution in [2.45, 2.75) is 104 Å². The minimum Gasteiger partial charge on any atom is -0.404 e. The zero-order valence-corrected chi connectivity index (χ0v) is 16.1. The summed E-state index contributed by atoms with van der Waals surface area (Å²) >= 11 is 0. The van der Waals surface area contributed by atoms with Crippen molar-refractivity contribution in [2.24, 2.45) is 17.3 Å². The van der Waals surface area contributed by atoms with Crippen molar-refractivity contribution < 1.29 is 14.0 Å². The smallest absolute Gasteiger partial charge is 0.404 e. The average Bonchev–Trinajstić information content (AvgIpc) is 2.78. The molecule has 3 saturated carbocycles. The first-order valence-corrected chi connectivity index (χ1v) is 9.59. The molecule has 0 N–H and O–H groups in total. The standard InChI is InChI=1S/C19H35BO3/c1-8-9-10-16(21-17(2,3)4)20-22-15-12-13-11-14(18(13,5)6)19(15,7)23-20/h13-16H,8-12H2,1-7H3/t13-,14-,15?,16+,19-/m0/s1. The van der Waals surface area contributed by atoms with E-state index < -0.39 is 0 Å². The van der Waals surface area contributed by atoms with Crippen molar-refractivity contribution in [3.8, 4) is 0 Å². The highest BCUT2D eigenvalue weighted by atomic mass is 16.7. The van der Waals surface area contributed by atoms with Gasteiger partial charge in [-0.15, -0.1) is 0 Å². The lowest BCUT2D eigenvalue weighted by molar-refractivity contribution is -0.199. The maximum atomic E-state index is 6.60. The Hall–Kier alpha value is -0.0551. The fraction of sp³-hybridized carbons (Fsp3) is 1.00. The first-order valence-electron chi connectivity index (χ1n) is 9.59. The normalized spacial score (nSPS) is 39.8.